The molecular formula is C17H21NO. The fraction of sp³-hybridized carbons (Fsp3) is 0.412. The molecule has 0 N–H and O–H groups in total. The molecule has 0 saturated heterocycles. The highest BCUT2D eigenvalue weighted by Gasteiger charge is 2.17. The summed E-state index contributed by atoms with van der Waals surface area (Å²) in [5.74, 6) is 0. The first-order valence-electron chi connectivity index (χ1n) is 7.29. The average molecular weight is 255 g/mol. The van der Waals surface area contributed by atoms with E-state index in [9.17, 15) is 0 Å². The first-order chi connectivity index (χ1) is 9.42. The lowest BCUT2D eigenvalue weighted by molar-refractivity contribution is -0.167. The van der Waals surface area contributed by atoms with Gasteiger partial charge in [-0.25, -0.2) is 0 Å². The Morgan fingerprint density at radius 3 is 2.47 bits per heavy atom. The number of hydrogen-bond donors (Lipinski definition) is 0. The van der Waals surface area contributed by atoms with Gasteiger partial charge in [-0.2, -0.15) is 0 Å². The second-order valence-electron chi connectivity index (χ2n) is 5.31. The van der Waals surface area contributed by atoms with Gasteiger partial charge in [0.2, 0.25) is 0 Å². The second kappa shape index (κ2) is 6.07. The van der Waals surface area contributed by atoms with E-state index in [1.54, 1.807) is 0 Å². The minimum atomic E-state index is 0.421. The van der Waals surface area contributed by atoms with Crippen LogP contribution in [0.1, 0.15) is 37.7 Å². The van der Waals surface area contributed by atoms with Gasteiger partial charge in [-0.1, -0.05) is 55.7 Å². The number of benzene rings is 1. The van der Waals surface area contributed by atoms with Gasteiger partial charge in [-0.05, 0) is 30.1 Å². The van der Waals surface area contributed by atoms with Gasteiger partial charge in [0, 0.05) is 6.20 Å². The number of hydrogen-bond acceptors (Lipinski definition) is 2. The highest BCUT2D eigenvalue weighted by molar-refractivity contribution is 5.74. The summed E-state index contributed by atoms with van der Waals surface area (Å²) in [5, 5.41) is 1.97. The minimum absolute atomic E-state index is 0.421. The van der Waals surface area contributed by atoms with Crippen molar-refractivity contribution in [3.05, 3.63) is 54.2 Å². The zero-order chi connectivity index (χ0) is 12.9. The molecule has 19 heavy (non-hydrogen) atoms. The maximum atomic E-state index is 6.02. The largest absolute Gasteiger partial charge is 0.270 e. The Bertz CT molecular complexity index is 457. The van der Waals surface area contributed by atoms with E-state index in [0.29, 0.717) is 6.10 Å². The molecule has 1 fully saturated rings. The van der Waals surface area contributed by atoms with E-state index in [0.717, 1.165) is 6.54 Å². The van der Waals surface area contributed by atoms with Crippen LogP contribution < -0.4 is 0 Å². The Balaban J connectivity index is 1.57. The van der Waals surface area contributed by atoms with Crippen LogP contribution in [0.15, 0.2) is 48.7 Å². The predicted octanol–water partition coefficient (Wildman–Crippen LogP) is 4.16. The molecule has 2 nitrogen and oxygen atoms in total. The zero-order valence-corrected chi connectivity index (χ0v) is 11.3. The van der Waals surface area contributed by atoms with Crippen molar-refractivity contribution in [3.8, 4) is 0 Å². The second-order valence-corrected chi connectivity index (χ2v) is 5.31. The van der Waals surface area contributed by atoms with Gasteiger partial charge in [0.1, 0.15) is 0 Å². The van der Waals surface area contributed by atoms with E-state index in [2.05, 4.69) is 48.7 Å². The van der Waals surface area contributed by atoms with Crippen molar-refractivity contribution in [1.29, 1.82) is 0 Å². The summed E-state index contributed by atoms with van der Waals surface area (Å²) in [4.78, 5) is 6.02. The molecule has 0 aromatic heterocycles. The summed E-state index contributed by atoms with van der Waals surface area (Å²) in [7, 11) is 0. The Morgan fingerprint density at radius 1 is 1.00 bits per heavy atom. The van der Waals surface area contributed by atoms with Crippen molar-refractivity contribution in [2.75, 3.05) is 6.54 Å². The Morgan fingerprint density at radius 2 is 1.79 bits per heavy atom. The van der Waals surface area contributed by atoms with Crippen LogP contribution in [0.4, 0.5) is 0 Å². The number of nitrogens with zero attached hydrogens (tertiary/aromatic N) is 1. The molecule has 0 atom stereocenters. The van der Waals surface area contributed by atoms with Gasteiger partial charge in [-0.15, -0.1) is 0 Å². The average Bonchev–Trinajstić information content (AvgIpc) is 2.50. The summed E-state index contributed by atoms with van der Waals surface area (Å²) in [6.07, 6.45) is 13.3. The van der Waals surface area contributed by atoms with Crippen LogP contribution >= 0.6 is 0 Å². The predicted molar refractivity (Wildman–Crippen MR) is 78.2 cm³/mol. The number of allylic oxidation sites excluding steroid dienone is 2. The first-order valence-corrected chi connectivity index (χ1v) is 7.29. The van der Waals surface area contributed by atoms with Gasteiger partial charge < -0.3 is 0 Å². The van der Waals surface area contributed by atoms with Crippen molar-refractivity contribution >= 4 is 5.57 Å². The standard InChI is InChI=1S/C17H21NO/c1-3-7-15(8-4-1)16-11-13-18(14-12-16)19-17-9-5-2-6-10-17/h1,3-4,7-8,11-13,17H,2,5-6,9-10,14H2. The first kappa shape index (κ1) is 12.5. The van der Waals surface area contributed by atoms with Crippen LogP contribution in [0.3, 0.4) is 0 Å². The van der Waals surface area contributed by atoms with Crippen molar-refractivity contribution in [2.24, 2.45) is 0 Å². The molecule has 0 spiro atoms. The molecule has 1 aromatic carbocycles. The molecule has 100 valence electrons. The van der Waals surface area contributed by atoms with E-state index in [1.165, 1.54) is 43.2 Å². The molecule has 2 aliphatic rings. The molecule has 1 aliphatic heterocycles. The number of hydroxylamine groups is 2. The molecule has 1 aromatic rings. The van der Waals surface area contributed by atoms with Crippen LogP contribution in [0.25, 0.3) is 5.57 Å². The van der Waals surface area contributed by atoms with Gasteiger partial charge in [0.15, 0.2) is 0 Å². The summed E-state index contributed by atoms with van der Waals surface area (Å²) in [6, 6.07) is 10.5. The Kier molecular flexibility index (Phi) is 3.99. The summed E-state index contributed by atoms with van der Waals surface area (Å²) in [5.41, 5.74) is 2.56. The fourth-order valence-corrected chi connectivity index (χ4v) is 2.77. The molecule has 1 heterocycles. The molecule has 0 amide bonds. The van der Waals surface area contributed by atoms with Crippen LogP contribution in [-0.4, -0.2) is 17.7 Å². The minimum Gasteiger partial charge on any atom is -0.270 e. The molecule has 2 heteroatoms. The normalized spacial score (nSPS) is 20.4. The molecule has 1 saturated carbocycles. The molecule has 0 bridgehead atoms. The molecule has 3 rings (SSSR count). The van der Waals surface area contributed by atoms with Crippen LogP contribution in [0.5, 0.6) is 0 Å². The molecule has 0 unspecified atom stereocenters. The van der Waals surface area contributed by atoms with Crippen molar-refractivity contribution in [2.45, 2.75) is 38.2 Å². The third kappa shape index (κ3) is 3.27. The summed E-state index contributed by atoms with van der Waals surface area (Å²) in [6.45, 7) is 0.844. The van der Waals surface area contributed by atoms with Gasteiger partial charge in [0.25, 0.3) is 0 Å². The van der Waals surface area contributed by atoms with Gasteiger partial charge in [-0.3, -0.25) is 9.90 Å². The molecule has 1 aliphatic carbocycles. The van der Waals surface area contributed by atoms with E-state index >= 15 is 0 Å². The SMILES string of the molecule is C1=CN(OC2CCCCC2)CC=C1c1ccccc1. The lowest BCUT2D eigenvalue weighted by Gasteiger charge is -2.29. The maximum Gasteiger partial charge on any atom is 0.0856 e. The van der Waals surface area contributed by atoms with Crippen molar-refractivity contribution in [1.82, 2.24) is 5.06 Å². The van der Waals surface area contributed by atoms with Gasteiger partial charge >= 0.3 is 0 Å². The Hall–Kier alpha value is -1.54. The third-order valence-electron chi connectivity index (χ3n) is 3.86. The highest BCUT2D eigenvalue weighted by atomic mass is 16.7. The molecule has 0 radical (unpaired) electrons. The quantitative estimate of drug-likeness (QED) is 0.804. The summed E-state index contributed by atoms with van der Waals surface area (Å²) < 4.78 is 0. The lowest BCUT2D eigenvalue weighted by Crippen LogP contribution is -2.28. The van der Waals surface area contributed by atoms with Crippen LogP contribution in [-0.2, 0) is 4.84 Å². The van der Waals surface area contributed by atoms with Crippen molar-refractivity contribution < 1.29 is 4.84 Å². The smallest absolute Gasteiger partial charge is 0.0856 e. The molecular weight excluding hydrogens is 234 g/mol. The van der Waals surface area contributed by atoms with Gasteiger partial charge in [0.05, 0.1) is 12.6 Å². The van der Waals surface area contributed by atoms with E-state index in [-0.39, 0.29) is 0 Å². The van der Waals surface area contributed by atoms with E-state index < -0.39 is 0 Å². The topological polar surface area (TPSA) is 12.5 Å². The van der Waals surface area contributed by atoms with E-state index in [1.807, 2.05) is 5.06 Å². The van der Waals surface area contributed by atoms with E-state index in [4.69, 9.17) is 4.84 Å². The van der Waals surface area contributed by atoms with Crippen LogP contribution in [0.2, 0.25) is 0 Å². The third-order valence-corrected chi connectivity index (χ3v) is 3.86. The zero-order valence-electron chi connectivity index (χ0n) is 11.3. The summed E-state index contributed by atoms with van der Waals surface area (Å²) >= 11 is 0. The van der Waals surface area contributed by atoms with Crippen LogP contribution in [0, 0.1) is 0 Å². The maximum absolute atomic E-state index is 6.02. The van der Waals surface area contributed by atoms with Crippen molar-refractivity contribution in [3.63, 3.8) is 0 Å². The number of rotatable bonds is 3. The monoisotopic (exact) mass is 255 g/mol. The fourth-order valence-electron chi connectivity index (χ4n) is 2.77. The highest BCUT2D eigenvalue weighted by Crippen LogP contribution is 2.24. The Labute approximate surface area is 115 Å². The lowest BCUT2D eigenvalue weighted by atomic mass is 9.98.